The summed E-state index contributed by atoms with van der Waals surface area (Å²) in [5.74, 6) is 0.775. The normalized spacial score (nSPS) is 19.4. The van der Waals surface area contributed by atoms with E-state index in [0.717, 1.165) is 44.6 Å². The van der Waals surface area contributed by atoms with E-state index in [2.05, 4.69) is 42.2 Å². The third-order valence-corrected chi connectivity index (χ3v) is 9.66. The molecule has 1 aliphatic heterocycles. The summed E-state index contributed by atoms with van der Waals surface area (Å²) >= 11 is -0.00472. The van der Waals surface area contributed by atoms with Gasteiger partial charge in [0.2, 0.25) is 0 Å². The maximum atomic E-state index is 15.2. The Hall–Kier alpha value is 0.190. The number of nitrogens with zero attached hydrogens (tertiary/aromatic N) is 1. The second kappa shape index (κ2) is 15.9. The van der Waals surface area contributed by atoms with Crippen molar-refractivity contribution >= 4 is 36.8 Å². The predicted molar refractivity (Wildman–Crippen MR) is 134 cm³/mol. The smallest absolute Gasteiger partial charge is 0.147 e. The molecule has 6 heteroatoms. The van der Waals surface area contributed by atoms with E-state index in [4.69, 9.17) is 9.47 Å². The van der Waals surface area contributed by atoms with Crippen LogP contribution in [-0.4, -0.2) is 72.2 Å². The summed E-state index contributed by atoms with van der Waals surface area (Å²) in [4.78, 5) is 2.56. The molecule has 0 spiro atoms. The largest absolute Gasteiger partial charge is 0.147 e. The summed E-state index contributed by atoms with van der Waals surface area (Å²) in [6.07, 6.45) is 9.06. The maximum absolute atomic E-state index is 15.2. The Morgan fingerprint density at radius 2 is 1.68 bits per heavy atom. The first-order valence-corrected chi connectivity index (χ1v) is 14.8. The Balaban J connectivity index is 0.00000480. The zero-order valence-electron chi connectivity index (χ0n) is 20.2. The predicted octanol–water partition coefficient (Wildman–Crippen LogP) is 5.40. The van der Waals surface area contributed by atoms with Crippen molar-refractivity contribution in [1.82, 2.24) is 4.90 Å². The van der Waals surface area contributed by atoms with Crippen molar-refractivity contribution in [3.05, 3.63) is 35.9 Å². The molecule has 3 atom stereocenters. The number of likely N-dealkylation sites (tertiary alicyclic amines) is 1. The minimum absolute atomic E-state index is 0. The van der Waals surface area contributed by atoms with Crippen molar-refractivity contribution in [3.63, 3.8) is 0 Å². The van der Waals surface area contributed by atoms with Gasteiger partial charge < -0.3 is 0 Å². The van der Waals surface area contributed by atoms with E-state index >= 15 is 4.39 Å². The number of hydrogen-bond acceptors (Lipinski definition) is 3. The average molecular weight is 560 g/mol. The van der Waals surface area contributed by atoms with Crippen molar-refractivity contribution in [2.75, 3.05) is 27.3 Å². The topological polar surface area (TPSA) is 21.7 Å². The molecule has 0 aliphatic carbocycles. The van der Waals surface area contributed by atoms with Crippen LogP contribution in [0.1, 0.15) is 70.3 Å². The van der Waals surface area contributed by atoms with Crippen molar-refractivity contribution in [1.29, 1.82) is 0 Å². The first-order valence-electron chi connectivity index (χ1n) is 12.0. The molecule has 1 saturated heterocycles. The Labute approximate surface area is 210 Å². The minimum Gasteiger partial charge on any atom is -0.147 e. The summed E-state index contributed by atoms with van der Waals surface area (Å²) in [5, 5.41) is 0. The van der Waals surface area contributed by atoms with Crippen molar-refractivity contribution in [2.24, 2.45) is 5.92 Å². The van der Waals surface area contributed by atoms with Crippen LogP contribution in [0.3, 0.4) is 0 Å². The summed E-state index contributed by atoms with van der Waals surface area (Å²) < 4.78 is 25.5. The van der Waals surface area contributed by atoms with Gasteiger partial charge in [-0.2, -0.15) is 0 Å². The average Bonchev–Trinajstić information content (AvgIpc) is 2.75. The second-order valence-corrected chi connectivity index (χ2v) is 14.5. The van der Waals surface area contributed by atoms with Crippen LogP contribution in [0.4, 0.5) is 4.39 Å². The summed E-state index contributed by atoms with van der Waals surface area (Å²) in [5.41, 5.74) is 1.40. The number of rotatable bonds is 14. The van der Waals surface area contributed by atoms with Crippen LogP contribution < -0.4 is 0 Å². The molecule has 0 amide bonds. The number of alkyl halides is 1. The molecule has 0 aromatic heterocycles. The van der Waals surface area contributed by atoms with E-state index in [1.807, 2.05) is 0 Å². The molecule has 2 rings (SSSR count). The van der Waals surface area contributed by atoms with E-state index in [0.29, 0.717) is 6.42 Å². The van der Waals surface area contributed by atoms with Gasteiger partial charge in [-0.05, 0) is 0 Å². The number of benzene rings is 1. The Bertz CT molecular complexity index is 570. The molecule has 1 aliphatic rings. The molecule has 178 valence electrons. The fourth-order valence-corrected chi connectivity index (χ4v) is 6.63. The van der Waals surface area contributed by atoms with Crippen molar-refractivity contribution in [2.45, 2.75) is 86.9 Å². The molecule has 0 bridgehead atoms. The summed E-state index contributed by atoms with van der Waals surface area (Å²) in [6, 6.07) is 10.7. The number of methoxy groups -OCH3 is 2. The first-order chi connectivity index (χ1) is 14.5. The van der Waals surface area contributed by atoms with Crippen LogP contribution in [-0.2, 0) is 16.0 Å². The van der Waals surface area contributed by atoms with Crippen LogP contribution >= 0.6 is 12.4 Å². The van der Waals surface area contributed by atoms with Gasteiger partial charge in [-0.3, -0.25) is 0 Å². The van der Waals surface area contributed by atoms with Gasteiger partial charge in [0.05, 0.1) is 0 Å². The molecule has 1 fully saturated rings. The van der Waals surface area contributed by atoms with Crippen LogP contribution in [0.5, 0.6) is 0 Å². The van der Waals surface area contributed by atoms with E-state index in [9.17, 15) is 0 Å². The van der Waals surface area contributed by atoms with E-state index < -0.39 is 3.43 Å². The zero-order valence-corrected chi connectivity index (χ0v) is 26.7. The summed E-state index contributed by atoms with van der Waals surface area (Å²) in [7, 11) is 3.47. The quantitative estimate of drug-likeness (QED) is 0.305. The van der Waals surface area contributed by atoms with Gasteiger partial charge in [0.25, 0.3) is 0 Å². The van der Waals surface area contributed by atoms with Crippen LogP contribution in [0.2, 0.25) is 0 Å². The number of piperidine rings is 1. The minimum atomic E-state index is -0.906. The molecule has 1 aromatic carbocycles. The standard InChI is InChI=1S/C25H41FNO2.ClH.In.2H/c1-4-9-24(28-2)25(29-3)15-14-23(26)13-8-12-21-16-18-27(19-17-21)20-22-10-6-5-7-11-22;;;;/h5-7,10-11,21,24-25H,4,8-9,12-20H2,1-3H3;1H;;;. The fraction of sp³-hybridized carbons (Fsp3) is 0.760. The van der Waals surface area contributed by atoms with Gasteiger partial charge in [0.15, 0.2) is 0 Å². The van der Waals surface area contributed by atoms with Crippen molar-refractivity contribution in [3.8, 4) is 0 Å². The fourth-order valence-electron chi connectivity index (χ4n) is 4.80. The molecule has 0 N–H and O–H groups in total. The molecule has 0 saturated carbocycles. The molecule has 3 nitrogen and oxygen atoms in total. The SMILES string of the molecule is CCCC(OC)C(CC[C](F)([InH2])CCCC1CCN(Cc2ccccc2)CC1)OC.Cl. The molecule has 3 unspecified atom stereocenters. The monoisotopic (exact) mass is 559 g/mol. The van der Waals surface area contributed by atoms with Crippen LogP contribution in [0.15, 0.2) is 30.3 Å². The first kappa shape index (κ1) is 29.2. The third-order valence-electron chi connectivity index (χ3n) is 6.81. The maximum Gasteiger partial charge on any atom is -0.147 e. The van der Waals surface area contributed by atoms with Gasteiger partial charge in [0, 0.05) is 0 Å². The van der Waals surface area contributed by atoms with Crippen LogP contribution in [0.25, 0.3) is 0 Å². The van der Waals surface area contributed by atoms with E-state index in [1.165, 1.54) is 37.9 Å². The molecular weight excluding hydrogens is 516 g/mol. The number of ether oxygens (including phenoxy) is 2. The number of hydrogen-bond donors (Lipinski definition) is 0. The third kappa shape index (κ3) is 11.2. The molecule has 1 aromatic rings. The van der Waals surface area contributed by atoms with E-state index in [-0.39, 0.29) is 49.0 Å². The Morgan fingerprint density at radius 3 is 2.26 bits per heavy atom. The zero-order chi connectivity index (χ0) is 21.8. The van der Waals surface area contributed by atoms with Gasteiger partial charge in [-0.1, -0.05) is 6.07 Å². The second-order valence-electron chi connectivity index (χ2n) is 9.39. The summed E-state index contributed by atoms with van der Waals surface area (Å²) in [6.45, 7) is 5.57. The molecular formula is C25H44ClFInNO2. The van der Waals surface area contributed by atoms with Gasteiger partial charge >= 0.3 is 193 Å². The Morgan fingerprint density at radius 1 is 1.06 bits per heavy atom. The van der Waals surface area contributed by atoms with E-state index in [1.54, 1.807) is 14.2 Å². The Kier molecular flexibility index (Phi) is 15.0. The van der Waals surface area contributed by atoms with Gasteiger partial charge in [-0.25, -0.2) is 0 Å². The van der Waals surface area contributed by atoms with Crippen molar-refractivity contribution < 1.29 is 13.9 Å². The number of halogens is 2. The molecule has 31 heavy (non-hydrogen) atoms. The molecule has 1 heterocycles. The van der Waals surface area contributed by atoms with Gasteiger partial charge in [-0.15, -0.1) is 12.4 Å². The van der Waals surface area contributed by atoms with Gasteiger partial charge in [0.1, 0.15) is 0 Å². The molecule has 0 radical (unpaired) electrons. The van der Waals surface area contributed by atoms with Crippen LogP contribution in [0, 0.1) is 5.92 Å².